The average Bonchev–Trinajstić information content (AvgIpc) is 2.99. The number of hydrogen-bond donors (Lipinski definition) is 2. The summed E-state index contributed by atoms with van der Waals surface area (Å²) in [6, 6.07) is 4.12. The predicted molar refractivity (Wildman–Crippen MR) is 108 cm³/mol. The van der Waals surface area contributed by atoms with Gasteiger partial charge in [-0.15, -0.1) is 11.3 Å². The van der Waals surface area contributed by atoms with Crippen LogP contribution >= 0.6 is 11.3 Å². The number of rotatable bonds is 8. The lowest BCUT2D eigenvalue weighted by Gasteiger charge is -2.12. The van der Waals surface area contributed by atoms with Gasteiger partial charge in [-0.05, 0) is 37.1 Å². The molecule has 0 unspecified atom stereocenters. The summed E-state index contributed by atoms with van der Waals surface area (Å²) in [5, 5.41) is 9.43. The number of aryl methyl sites for hydroxylation is 1. The largest absolute Gasteiger partial charge is 0.357 e. The summed E-state index contributed by atoms with van der Waals surface area (Å²) in [5.41, 5.74) is 2.16. The summed E-state index contributed by atoms with van der Waals surface area (Å²) in [5.74, 6) is 0.0546. The van der Waals surface area contributed by atoms with Crippen molar-refractivity contribution >= 4 is 27.1 Å². The Balaban J connectivity index is 2.05. The van der Waals surface area contributed by atoms with Crippen molar-refractivity contribution in [1.82, 2.24) is 15.6 Å². The highest BCUT2D eigenvalue weighted by atomic mass is 32.2. The van der Waals surface area contributed by atoms with E-state index in [4.69, 9.17) is 0 Å². The number of halogens is 1. The number of benzene rings is 1. The van der Waals surface area contributed by atoms with E-state index in [0.29, 0.717) is 30.2 Å². The number of aromatic nitrogens is 1. The van der Waals surface area contributed by atoms with Crippen molar-refractivity contribution in [3.8, 4) is 0 Å². The molecule has 0 atom stereocenters. The number of guanidine groups is 1. The van der Waals surface area contributed by atoms with Crippen LogP contribution in [0.1, 0.15) is 28.8 Å². The predicted octanol–water partition coefficient (Wildman–Crippen LogP) is 2.43. The van der Waals surface area contributed by atoms with Crippen molar-refractivity contribution in [1.29, 1.82) is 0 Å². The second kappa shape index (κ2) is 9.80. The second-order valence-electron chi connectivity index (χ2n) is 6.21. The molecule has 27 heavy (non-hydrogen) atoms. The lowest BCUT2D eigenvalue weighted by Crippen LogP contribution is -2.38. The highest BCUT2D eigenvalue weighted by molar-refractivity contribution is 7.89. The van der Waals surface area contributed by atoms with Gasteiger partial charge in [0.2, 0.25) is 0 Å². The van der Waals surface area contributed by atoms with Crippen LogP contribution in [0, 0.1) is 12.7 Å². The molecule has 0 radical (unpaired) electrons. The number of nitrogens with zero attached hydrogens (tertiary/aromatic N) is 2. The number of thiazole rings is 1. The highest BCUT2D eigenvalue weighted by Crippen LogP contribution is 2.15. The van der Waals surface area contributed by atoms with Gasteiger partial charge >= 0.3 is 0 Å². The molecule has 0 amide bonds. The quantitative estimate of drug-likeness (QED) is 0.514. The fraction of sp³-hybridized carbons (Fsp3) is 0.444. The first-order valence-electron chi connectivity index (χ1n) is 8.65. The Morgan fingerprint density at radius 2 is 2.07 bits per heavy atom. The summed E-state index contributed by atoms with van der Waals surface area (Å²) in [6.45, 7) is 5.46. The van der Waals surface area contributed by atoms with Gasteiger partial charge in [0, 0.05) is 31.1 Å². The number of hydrogen-bond acceptors (Lipinski definition) is 5. The van der Waals surface area contributed by atoms with E-state index in [9.17, 15) is 12.8 Å². The van der Waals surface area contributed by atoms with Gasteiger partial charge in [0.05, 0.1) is 23.0 Å². The zero-order chi connectivity index (χ0) is 19.9. The molecule has 0 spiro atoms. The molecular weight excluding hydrogens is 387 g/mol. The van der Waals surface area contributed by atoms with E-state index >= 15 is 0 Å². The maximum absolute atomic E-state index is 13.6. The van der Waals surface area contributed by atoms with E-state index in [-0.39, 0.29) is 12.3 Å². The number of aliphatic imine (C=N–C) groups is 1. The molecule has 1 aromatic heterocycles. The smallest absolute Gasteiger partial charge is 0.191 e. The zero-order valence-electron chi connectivity index (χ0n) is 15.8. The molecule has 0 aliphatic carbocycles. The first-order valence-corrected chi connectivity index (χ1v) is 11.6. The van der Waals surface area contributed by atoms with Crippen molar-refractivity contribution in [3.05, 3.63) is 51.2 Å². The van der Waals surface area contributed by atoms with Gasteiger partial charge in [-0.3, -0.25) is 0 Å². The molecule has 9 heteroatoms. The molecule has 1 aromatic carbocycles. The Labute approximate surface area is 163 Å². The van der Waals surface area contributed by atoms with Gasteiger partial charge in [0.25, 0.3) is 0 Å². The molecule has 6 nitrogen and oxygen atoms in total. The molecule has 2 rings (SSSR count). The van der Waals surface area contributed by atoms with Crippen molar-refractivity contribution in [2.75, 3.05) is 19.3 Å². The van der Waals surface area contributed by atoms with E-state index in [2.05, 4.69) is 20.6 Å². The number of nitrogens with one attached hydrogen (secondary N) is 2. The van der Waals surface area contributed by atoms with Crippen LogP contribution in [0.15, 0.2) is 28.6 Å². The molecule has 2 N–H and O–H groups in total. The van der Waals surface area contributed by atoms with Crippen LogP contribution in [0.5, 0.6) is 0 Å². The van der Waals surface area contributed by atoms with Crippen LogP contribution in [0.3, 0.4) is 0 Å². The van der Waals surface area contributed by atoms with E-state index in [1.165, 1.54) is 18.2 Å². The van der Waals surface area contributed by atoms with Crippen LogP contribution in [0.25, 0.3) is 0 Å². The SMILES string of the molecule is CCNC(=NCc1cc(F)ccc1CS(C)(=O)=O)NCCc1csc(C)n1. The van der Waals surface area contributed by atoms with Crippen LogP contribution in [0.2, 0.25) is 0 Å². The van der Waals surface area contributed by atoms with Crippen LogP contribution in [-0.4, -0.2) is 38.7 Å². The summed E-state index contributed by atoms with van der Waals surface area (Å²) < 4.78 is 36.8. The molecule has 0 aliphatic heterocycles. The Morgan fingerprint density at radius 3 is 2.70 bits per heavy atom. The van der Waals surface area contributed by atoms with E-state index < -0.39 is 15.7 Å². The molecule has 0 aliphatic rings. The molecule has 148 valence electrons. The third-order valence-electron chi connectivity index (χ3n) is 3.68. The lowest BCUT2D eigenvalue weighted by atomic mass is 10.1. The van der Waals surface area contributed by atoms with E-state index in [1.807, 2.05) is 19.2 Å². The normalized spacial score (nSPS) is 12.2. The van der Waals surface area contributed by atoms with Crippen molar-refractivity contribution < 1.29 is 12.8 Å². The zero-order valence-corrected chi connectivity index (χ0v) is 17.4. The fourth-order valence-electron chi connectivity index (χ4n) is 2.50. The van der Waals surface area contributed by atoms with Gasteiger partial charge in [0.1, 0.15) is 5.82 Å². The van der Waals surface area contributed by atoms with Gasteiger partial charge in [-0.1, -0.05) is 6.07 Å². The molecule has 0 saturated carbocycles. The molecule has 0 bridgehead atoms. The third kappa shape index (κ3) is 7.64. The van der Waals surface area contributed by atoms with Gasteiger partial charge < -0.3 is 10.6 Å². The van der Waals surface area contributed by atoms with Crippen molar-refractivity contribution in [2.45, 2.75) is 32.6 Å². The lowest BCUT2D eigenvalue weighted by molar-refractivity contribution is 0.600. The molecule has 0 saturated heterocycles. The molecule has 1 heterocycles. The second-order valence-corrected chi connectivity index (χ2v) is 9.42. The summed E-state index contributed by atoms with van der Waals surface area (Å²) in [7, 11) is -3.21. The third-order valence-corrected chi connectivity index (χ3v) is 5.34. The summed E-state index contributed by atoms with van der Waals surface area (Å²) >= 11 is 1.62. The Bertz CT molecular complexity index is 895. The maximum atomic E-state index is 13.6. The van der Waals surface area contributed by atoms with Gasteiger partial charge in [-0.2, -0.15) is 0 Å². The standard InChI is InChI=1S/C18H25FN4O2S2/c1-4-20-18(21-8-7-17-11-26-13(2)23-17)22-10-15-9-16(19)6-5-14(15)12-27(3,24)25/h5-6,9,11H,4,7-8,10,12H2,1-3H3,(H2,20,21,22). The number of sulfone groups is 1. The Kier molecular flexibility index (Phi) is 7.73. The highest BCUT2D eigenvalue weighted by Gasteiger charge is 2.11. The average molecular weight is 413 g/mol. The van der Waals surface area contributed by atoms with Gasteiger partial charge in [0.15, 0.2) is 15.8 Å². The topological polar surface area (TPSA) is 83.5 Å². The minimum absolute atomic E-state index is 0.134. The molecular formula is C18H25FN4O2S2. The van der Waals surface area contributed by atoms with Crippen molar-refractivity contribution in [3.63, 3.8) is 0 Å². The summed E-state index contributed by atoms with van der Waals surface area (Å²) in [6.07, 6.45) is 1.93. The fourth-order valence-corrected chi connectivity index (χ4v) is 4.00. The van der Waals surface area contributed by atoms with E-state index in [1.54, 1.807) is 11.3 Å². The summed E-state index contributed by atoms with van der Waals surface area (Å²) in [4.78, 5) is 8.89. The van der Waals surface area contributed by atoms with Gasteiger partial charge in [-0.25, -0.2) is 22.8 Å². The van der Waals surface area contributed by atoms with Crippen LogP contribution < -0.4 is 10.6 Å². The first kappa shape index (κ1) is 21.3. The molecule has 0 fully saturated rings. The Hall–Kier alpha value is -2.00. The monoisotopic (exact) mass is 412 g/mol. The first-order chi connectivity index (χ1) is 12.8. The van der Waals surface area contributed by atoms with Crippen LogP contribution in [-0.2, 0) is 28.6 Å². The molecule has 2 aromatic rings. The minimum atomic E-state index is -3.21. The van der Waals surface area contributed by atoms with Crippen LogP contribution in [0.4, 0.5) is 4.39 Å². The maximum Gasteiger partial charge on any atom is 0.191 e. The Morgan fingerprint density at radius 1 is 1.30 bits per heavy atom. The van der Waals surface area contributed by atoms with Crippen molar-refractivity contribution in [2.24, 2.45) is 4.99 Å². The van der Waals surface area contributed by atoms with E-state index in [0.717, 1.165) is 23.4 Å². The minimum Gasteiger partial charge on any atom is -0.357 e.